The normalized spacial score (nSPS) is 10.7. The van der Waals surface area contributed by atoms with Crippen LogP contribution < -0.4 is 0 Å². The van der Waals surface area contributed by atoms with Gasteiger partial charge in [-0.15, -0.1) is 23.1 Å². The van der Waals surface area contributed by atoms with Crippen molar-refractivity contribution in [1.29, 1.82) is 0 Å². The van der Waals surface area contributed by atoms with Crippen molar-refractivity contribution in [2.45, 2.75) is 10.6 Å². The van der Waals surface area contributed by atoms with E-state index in [1.54, 1.807) is 41.5 Å². The summed E-state index contributed by atoms with van der Waals surface area (Å²) >= 11 is 3.28. The minimum absolute atomic E-state index is 0.290. The molecule has 0 aliphatic heterocycles. The monoisotopic (exact) mass is 289 g/mol. The molecule has 0 saturated carbocycles. The van der Waals surface area contributed by atoms with E-state index >= 15 is 0 Å². The summed E-state index contributed by atoms with van der Waals surface area (Å²) in [5, 5.41) is 12.2. The summed E-state index contributed by atoms with van der Waals surface area (Å²) in [6.45, 7) is 0. The Morgan fingerprint density at radius 2 is 2.05 bits per heavy atom. The number of nitrogens with zero attached hydrogens (tertiary/aromatic N) is 1. The molecular weight excluding hydrogens is 278 g/mol. The SMILES string of the molecule is Oc1ccc(SCc2csc(-c3ccco3)n2)cc1. The Balaban J connectivity index is 1.66. The minimum atomic E-state index is 0.290. The average molecular weight is 289 g/mol. The van der Waals surface area contributed by atoms with Crippen molar-refractivity contribution in [2.75, 3.05) is 0 Å². The highest BCUT2D eigenvalue weighted by Gasteiger charge is 2.07. The van der Waals surface area contributed by atoms with Gasteiger partial charge in [-0.25, -0.2) is 4.98 Å². The van der Waals surface area contributed by atoms with Crippen molar-refractivity contribution in [3.05, 3.63) is 53.7 Å². The molecule has 0 atom stereocenters. The number of hydrogen-bond acceptors (Lipinski definition) is 5. The molecule has 0 radical (unpaired) electrons. The van der Waals surface area contributed by atoms with Crippen molar-refractivity contribution in [3.8, 4) is 16.5 Å². The third-order valence-corrected chi connectivity index (χ3v) is 4.46. The Morgan fingerprint density at radius 3 is 2.79 bits per heavy atom. The molecule has 0 aliphatic rings. The molecule has 1 aromatic carbocycles. The molecule has 3 nitrogen and oxygen atoms in total. The van der Waals surface area contributed by atoms with Crippen LogP contribution in [0.3, 0.4) is 0 Å². The van der Waals surface area contributed by atoms with Crippen LogP contribution in [-0.4, -0.2) is 10.1 Å². The van der Waals surface area contributed by atoms with Crippen LogP contribution in [0.4, 0.5) is 0 Å². The molecule has 0 saturated heterocycles. The van der Waals surface area contributed by atoms with Gasteiger partial charge in [-0.1, -0.05) is 0 Å². The number of hydrogen-bond donors (Lipinski definition) is 1. The molecule has 3 rings (SSSR count). The van der Waals surface area contributed by atoms with E-state index in [9.17, 15) is 5.11 Å². The number of aromatic nitrogens is 1. The van der Waals surface area contributed by atoms with E-state index < -0.39 is 0 Å². The van der Waals surface area contributed by atoms with Gasteiger partial charge in [-0.05, 0) is 36.4 Å². The van der Waals surface area contributed by atoms with Gasteiger partial charge in [-0.2, -0.15) is 0 Å². The number of thioether (sulfide) groups is 1. The molecule has 0 spiro atoms. The van der Waals surface area contributed by atoms with E-state index in [0.29, 0.717) is 0 Å². The lowest BCUT2D eigenvalue weighted by molar-refractivity contribution is 0.475. The van der Waals surface area contributed by atoms with Crippen LogP contribution in [0.5, 0.6) is 5.75 Å². The second-order valence-electron chi connectivity index (χ2n) is 3.90. The second kappa shape index (κ2) is 5.50. The lowest BCUT2D eigenvalue weighted by Crippen LogP contribution is -1.81. The zero-order valence-corrected chi connectivity index (χ0v) is 11.6. The smallest absolute Gasteiger partial charge is 0.162 e. The molecule has 96 valence electrons. The molecule has 0 amide bonds. The number of benzene rings is 1. The molecule has 0 bridgehead atoms. The van der Waals surface area contributed by atoms with Gasteiger partial charge in [0.2, 0.25) is 0 Å². The molecule has 2 heterocycles. The van der Waals surface area contributed by atoms with Gasteiger partial charge < -0.3 is 9.52 Å². The van der Waals surface area contributed by atoms with Crippen LogP contribution in [0.25, 0.3) is 10.8 Å². The van der Waals surface area contributed by atoms with Gasteiger partial charge in [-0.3, -0.25) is 0 Å². The van der Waals surface area contributed by atoms with Gasteiger partial charge >= 0.3 is 0 Å². The van der Waals surface area contributed by atoms with Gasteiger partial charge in [0.15, 0.2) is 10.8 Å². The van der Waals surface area contributed by atoms with E-state index in [-0.39, 0.29) is 5.75 Å². The summed E-state index contributed by atoms with van der Waals surface area (Å²) in [5.74, 6) is 1.91. The summed E-state index contributed by atoms with van der Waals surface area (Å²) in [6.07, 6.45) is 1.65. The summed E-state index contributed by atoms with van der Waals surface area (Å²) in [4.78, 5) is 5.66. The number of thiazole rings is 1. The first-order chi connectivity index (χ1) is 9.31. The highest BCUT2D eigenvalue weighted by molar-refractivity contribution is 7.98. The van der Waals surface area contributed by atoms with Crippen LogP contribution >= 0.6 is 23.1 Å². The van der Waals surface area contributed by atoms with Crippen molar-refractivity contribution >= 4 is 23.1 Å². The molecule has 2 aromatic heterocycles. The van der Waals surface area contributed by atoms with E-state index in [1.165, 1.54) is 0 Å². The molecule has 0 unspecified atom stereocenters. The van der Waals surface area contributed by atoms with E-state index in [0.717, 1.165) is 27.1 Å². The number of furan rings is 1. The summed E-state index contributed by atoms with van der Waals surface area (Å²) in [6, 6.07) is 11.0. The van der Waals surface area contributed by atoms with Gasteiger partial charge in [0.1, 0.15) is 5.75 Å². The molecule has 1 N–H and O–H groups in total. The Hall–Kier alpha value is -1.72. The Morgan fingerprint density at radius 1 is 1.21 bits per heavy atom. The maximum Gasteiger partial charge on any atom is 0.162 e. The predicted molar refractivity (Wildman–Crippen MR) is 77.5 cm³/mol. The summed E-state index contributed by atoms with van der Waals surface area (Å²) < 4.78 is 5.32. The maximum atomic E-state index is 9.22. The van der Waals surface area contributed by atoms with Crippen molar-refractivity contribution < 1.29 is 9.52 Å². The quantitative estimate of drug-likeness (QED) is 0.723. The van der Waals surface area contributed by atoms with Gasteiger partial charge in [0.25, 0.3) is 0 Å². The molecular formula is C14H11NO2S2. The minimum Gasteiger partial charge on any atom is -0.508 e. The van der Waals surface area contributed by atoms with Crippen molar-refractivity contribution in [1.82, 2.24) is 4.98 Å². The third-order valence-electron chi connectivity index (χ3n) is 2.51. The largest absolute Gasteiger partial charge is 0.508 e. The van der Waals surface area contributed by atoms with Crippen LogP contribution in [0.2, 0.25) is 0 Å². The topological polar surface area (TPSA) is 46.3 Å². The first-order valence-electron chi connectivity index (χ1n) is 5.71. The van der Waals surface area contributed by atoms with Crippen LogP contribution in [0.1, 0.15) is 5.69 Å². The number of phenols is 1. The van der Waals surface area contributed by atoms with Crippen LogP contribution in [0, 0.1) is 0 Å². The second-order valence-corrected chi connectivity index (χ2v) is 5.81. The third kappa shape index (κ3) is 3.00. The van der Waals surface area contributed by atoms with Gasteiger partial charge in [0, 0.05) is 16.0 Å². The molecule has 3 aromatic rings. The lowest BCUT2D eigenvalue weighted by atomic mass is 10.3. The van der Waals surface area contributed by atoms with E-state index in [4.69, 9.17) is 4.42 Å². The fraction of sp³-hybridized carbons (Fsp3) is 0.0714. The Labute approximate surface area is 118 Å². The van der Waals surface area contributed by atoms with E-state index in [2.05, 4.69) is 4.98 Å². The number of aromatic hydroxyl groups is 1. The lowest BCUT2D eigenvalue weighted by Gasteiger charge is -1.99. The molecule has 5 heteroatoms. The Kier molecular flexibility index (Phi) is 3.57. The average Bonchev–Trinajstić information content (AvgIpc) is 3.09. The van der Waals surface area contributed by atoms with E-state index in [1.807, 2.05) is 29.6 Å². The van der Waals surface area contributed by atoms with Crippen LogP contribution in [-0.2, 0) is 5.75 Å². The first kappa shape index (κ1) is 12.3. The first-order valence-corrected chi connectivity index (χ1v) is 7.58. The zero-order chi connectivity index (χ0) is 13.1. The number of rotatable bonds is 4. The van der Waals surface area contributed by atoms with Crippen molar-refractivity contribution in [2.24, 2.45) is 0 Å². The zero-order valence-electron chi connectivity index (χ0n) is 9.95. The van der Waals surface area contributed by atoms with Gasteiger partial charge in [0.05, 0.1) is 12.0 Å². The number of phenolic OH excluding ortho intramolecular Hbond substituents is 1. The summed E-state index contributed by atoms with van der Waals surface area (Å²) in [7, 11) is 0. The predicted octanol–water partition coefficient (Wildman–Crippen LogP) is 4.40. The molecule has 0 aliphatic carbocycles. The standard InChI is InChI=1S/C14H11NO2S2/c16-11-3-5-12(6-4-11)18-8-10-9-19-14(15-10)13-2-1-7-17-13/h1-7,9,16H,8H2. The fourth-order valence-electron chi connectivity index (χ4n) is 1.59. The highest BCUT2D eigenvalue weighted by atomic mass is 32.2. The molecule has 19 heavy (non-hydrogen) atoms. The molecule has 0 fully saturated rings. The Bertz CT molecular complexity index is 644. The van der Waals surface area contributed by atoms with Crippen LogP contribution in [0.15, 0.2) is 57.4 Å². The maximum absolute atomic E-state index is 9.22. The highest BCUT2D eigenvalue weighted by Crippen LogP contribution is 2.28. The van der Waals surface area contributed by atoms with Crippen molar-refractivity contribution in [3.63, 3.8) is 0 Å². The fourth-order valence-corrected chi connectivity index (χ4v) is 3.27. The summed E-state index contributed by atoms with van der Waals surface area (Å²) in [5.41, 5.74) is 1.04.